The van der Waals surface area contributed by atoms with E-state index in [0.29, 0.717) is 63.6 Å². The Hall–Kier alpha value is -2.65. The van der Waals surface area contributed by atoms with Crippen molar-refractivity contribution in [1.29, 1.82) is 0 Å². The van der Waals surface area contributed by atoms with E-state index >= 15 is 0 Å². The molecule has 2 saturated heterocycles. The Morgan fingerprint density at radius 3 is 2.24 bits per heavy atom. The third-order valence-corrected chi connectivity index (χ3v) is 6.39. The molecule has 2 aliphatic heterocycles. The summed E-state index contributed by atoms with van der Waals surface area (Å²) >= 11 is 0. The lowest BCUT2D eigenvalue weighted by Gasteiger charge is -2.36. The molecule has 0 saturated carbocycles. The van der Waals surface area contributed by atoms with Crippen molar-refractivity contribution >= 4 is 11.6 Å². The fourth-order valence-electron chi connectivity index (χ4n) is 4.48. The molecule has 1 N–H and O–H groups in total. The minimum Gasteiger partial charge on any atom is -0.381 e. The summed E-state index contributed by atoms with van der Waals surface area (Å²) in [5, 5.41) is 2.71. The maximum atomic E-state index is 13.8. The van der Waals surface area contributed by atoms with Crippen LogP contribution in [-0.2, 0) is 32.4 Å². The molecule has 9 heteroatoms. The third kappa shape index (κ3) is 5.14. The molecule has 0 radical (unpaired) electrons. The molecular weight excluding hydrogens is 440 g/mol. The molecule has 178 valence electrons. The number of carbonyl (C=O) groups is 1. The van der Waals surface area contributed by atoms with E-state index in [2.05, 4.69) is 5.32 Å². The van der Waals surface area contributed by atoms with Gasteiger partial charge in [0, 0.05) is 38.5 Å². The van der Waals surface area contributed by atoms with Gasteiger partial charge < -0.3 is 19.7 Å². The van der Waals surface area contributed by atoms with Gasteiger partial charge in [-0.3, -0.25) is 4.79 Å². The smallest absolute Gasteiger partial charge is 0.381 e. The van der Waals surface area contributed by atoms with Crippen LogP contribution in [0.4, 0.5) is 23.2 Å². The van der Waals surface area contributed by atoms with Gasteiger partial charge in [0.1, 0.15) is 5.82 Å². The Kier molecular flexibility index (Phi) is 6.90. The van der Waals surface area contributed by atoms with E-state index in [0.717, 1.165) is 6.07 Å². The van der Waals surface area contributed by atoms with E-state index in [-0.39, 0.29) is 18.0 Å². The van der Waals surface area contributed by atoms with E-state index in [1.807, 2.05) is 4.90 Å². The zero-order valence-corrected chi connectivity index (χ0v) is 18.1. The number of nitrogens with zero attached hydrogens (tertiary/aromatic N) is 1. The van der Waals surface area contributed by atoms with E-state index < -0.39 is 23.0 Å². The monoisotopic (exact) mass is 466 g/mol. The number of morpholine rings is 1. The Morgan fingerprint density at radius 2 is 1.61 bits per heavy atom. The maximum Gasteiger partial charge on any atom is 0.416 e. The Labute approximate surface area is 189 Å². The van der Waals surface area contributed by atoms with Crippen LogP contribution in [0.2, 0.25) is 0 Å². The highest BCUT2D eigenvalue weighted by Crippen LogP contribution is 2.37. The van der Waals surface area contributed by atoms with Gasteiger partial charge in [-0.2, -0.15) is 13.2 Å². The summed E-state index contributed by atoms with van der Waals surface area (Å²) in [5.74, 6) is -0.806. The summed E-state index contributed by atoms with van der Waals surface area (Å²) in [6.45, 7) is 2.40. The standard InChI is InChI=1S/C24H26F4N2O3/c25-19-4-2-18(3-5-19)23(7-11-32-12-8-23)22(31)29-16-17-1-6-20(15-21(17)24(26,27)28)30-9-13-33-14-10-30/h1-6,15H,7-14,16H2,(H,29,31). The van der Waals surface area contributed by atoms with Crippen molar-refractivity contribution in [2.24, 2.45) is 0 Å². The largest absolute Gasteiger partial charge is 0.416 e. The first-order chi connectivity index (χ1) is 15.8. The average Bonchev–Trinajstić information content (AvgIpc) is 2.83. The number of alkyl halides is 3. The van der Waals surface area contributed by atoms with Gasteiger partial charge in [-0.05, 0) is 48.2 Å². The molecule has 5 nitrogen and oxygen atoms in total. The van der Waals surface area contributed by atoms with Crippen molar-refractivity contribution in [3.63, 3.8) is 0 Å². The van der Waals surface area contributed by atoms with Crippen LogP contribution in [-0.4, -0.2) is 45.4 Å². The summed E-state index contributed by atoms with van der Waals surface area (Å²) in [4.78, 5) is 15.1. The predicted molar refractivity (Wildman–Crippen MR) is 114 cm³/mol. The summed E-state index contributed by atoms with van der Waals surface area (Å²) < 4.78 is 65.6. The van der Waals surface area contributed by atoms with Gasteiger partial charge in [-0.25, -0.2) is 4.39 Å². The van der Waals surface area contributed by atoms with E-state index in [1.165, 1.54) is 18.2 Å². The van der Waals surface area contributed by atoms with Crippen LogP contribution in [0, 0.1) is 5.82 Å². The van der Waals surface area contributed by atoms with E-state index in [4.69, 9.17) is 9.47 Å². The fraction of sp³-hybridized carbons (Fsp3) is 0.458. The first kappa shape index (κ1) is 23.5. The minimum atomic E-state index is -4.56. The number of rotatable bonds is 5. The van der Waals surface area contributed by atoms with Crippen LogP contribution in [0.1, 0.15) is 29.5 Å². The molecule has 33 heavy (non-hydrogen) atoms. The number of ether oxygens (including phenoxy) is 2. The van der Waals surface area contributed by atoms with Gasteiger partial charge in [-0.15, -0.1) is 0 Å². The molecule has 0 unspecified atom stereocenters. The molecular formula is C24H26F4N2O3. The van der Waals surface area contributed by atoms with Gasteiger partial charge >= 0.3 is 6.18 Å². The van der Waals surface area contributed by atoms with Gasteiger partial charge in [0.05, 0.1) is 24.2 Å². The second-order valence-corrected chi connectivity index (χ2v) is 8.32. The number of hydrogen-bond acceptors (Lipinski definition) is 4. The number of hydrogen-bond donors (Lipinski definition) is 1. The van der Waals surface area contributed by atoms with Crippen LogP contribution >= 0.6 is 0 Å². The molecule has 2 fully saturated rings. The summed E-state index contributed by atoms with van der Waals surface area (Å²) in [7, 11) is 0. The lowest BCUT2D eigenvalue weighted by atomic mass is 9.73. The molecule has 1 amide bonds. The van der Waals surface area contributed by atoms with Gasteiger partial charge in [-0.1, -0.05) is 18.2 Å². The molecule has 2 aromatic rings. The second-order valence-electron chi connectivity index (χ2n) is 8.32. The van der Waals surface area contributed by atoms with Crippen LogP contribution in [0.15, 0.2) is 42.5 Å². The molecule has 0 aliphatic carbocycles. The van der Waals surface area contributed by atoms with Crippen molar-refractivity contribution in [3.8, 4) is 0 Å². The first-order valence-electron chi connectivity index (χ1n) is 10.9. The van der Waals surface area contributed by atoms with Crippen molar-refractivity contribution < 1.29 is 31.8 Å². The highest BCUT2D eigenvalue weighted by Gasteiger charge is 2.42. The third-order valence-electron chi connectivity index (χ3n) is 6.39. The first-order valence-corrected chi connectivity index (χ1v) is 10.9. The average molecular weight is 466 g/mol. The van der Waals surface area contributed by atoms with Crippen molar-refractivity contribution in [2.75, 3.05) is 44.4 Å². The van der Waals surface area contributed by atoms with Gasteiger partial charge in [0.2, 0.25) is 5.91 Å². The number of nitrogens with one attached hydrogen (secondary N) is 1. The molecule has 2 aromatic carbocycles. The number of carbonyl (C=O) groups excluding carboxylic acids is 1. The van der Waals surface area contributed by atoms with E-state index in [9.17, 15) is 22.4 Å². The van der Waals surface area contributed by atoms with Crippen LogP contribution in [0.5, 0.6) is 0 Å². The molecule has 2 aliphatic rings. The van der Waals surface area contributed by atoms with Crippen molar-refractivity contribution in [2.45, 2.75) is 31.0 Å². The summed E-state index contributed by atoms with van der Waals surface area (Å²) in [5.41, 5.74) is -0.641. The maximum absolute atomic E-state index is 13.8. The van der Waals surface area contributed by atoms with Crippen LogP contribution in [0.25, 0.3) is 0 Å². The zero-order chi connectivity index (χ0) is 23.5. The van der Waals surface area contributed by atoms with Crippen molar-refractivity contribution in [1.82, 2.24) is 5.32 Å². The van der Waals surface area contributed by atoms with Crippen LogP contribution in [0.3, 0.4) is 0 Å². The molecule has 0 bridgehead atoms. The summed E-state index contributed by atoms with van der Waals surface area (Å²) in [6, 6.07) is 9.88. The predicted octanol–water partition coefficient (Wildman–Crippen LogP) is 4.05. The lowest BCUT2D eigenvalue weighted by molar-refractivity contribution is -0.138. The molecule has 0 spiro atoms. The number of halogens is 4. The topological polar surface area (TPSA) is 50.8 Å². The van der Waals surface area contributed by atoms with Crippen LogP contribution < -0.4 is 10.2 Å². The summed E-state index contributed by atoms with van der Waals surface area (Å²) in [6.07, 6.45) is -3.82. The number of benzene rings is 2. The molecule has 4 rings (SSSR count). The Bertz CT molecular complexity index is 967. The Morgan fingerprint density at radius 1 is 0.970 bits per heavy atom. The SMILES string of the molecule is O=C(NCc1ccc(N2CCOCC2)cc1C(F)(F)F)C1(c2ccc(F)cc2)CCOCC1. The number of anilines is 1. The highest BCUT2D eigenvalue weighted by molar-refractivity contribution is 5.88. The quantitative estimate of drug-likeness (QED) is 0.676. The van der Waals surface area contributed by atoms with Gasteiger partial charge in [0.25, 0.3) is 0 Å². The lowest BCUT2D eigenvalue weighted by Crippen LogP contribution is -2.48. The molecule has 2 heterocycles. The second kappa shape index (κ2) is 9.69. The number of amides is 1. The zero-order valence-electron chi connectivity index (χ0n) is 18.1. The molecule has 0 aromatic heterocycles. The Balaban J connectivity index is 1.56. The molecule has 0 atom stereocenters. The minimum absolute atomic E-state index is 0.00539. The van der Waals surface area contributed by atoms with Gasteiger partial charge in [0.15, 0.2) is 0 Å². The normalized spacial score (nSPS) is 18.7. The van der Waals surface area contributed by atoms with Crippen molar-refractivity contribution in [3.05, 3.63) is 65.0 Å². The van der Waals surface area contributed by atoms with E-state index in [1.54, 1.807) is 18.2 Å². The fourth-order valence-corrected chi connectivity index (χ4v) is 4.48. The highest BCUT2D eigenvalue weighted by atomic mass is 19.4.